The summed E-state index contributed by atoms with van der Waals surface area (Å²) in [7, 11) is 1.68. The summed E-state index contributed by atoms with van der Waals surface area (Å²) in [6.07, 6.45) is 5.82. The van der Waals surface area contributed by atoms with Crippen LogP contribution in [0.15, 0.2) is 22.7 Å². The van der Waals surface area contributed by atoms with Crippen molar-refractivity contribution in [3.05, 3.63) is 22.7 Å². The molecule has 0 amide bonds. The molecule has 20 heavy (non-hydrogen) atoms. The van der Waals surface area contributed by atoms with Crippen molar-refractivity contribution < 1.29 is 9.47 Å². The van der Waals surface area contributed by atoms with Crippen LogP contribution in [-0.4, -0.2) is 25.8 Å². The Hall–Kier alpha value is -0.740. The van der Waals surface area contributed by atoms with Crippen LogP contribution in [0.3, 0.4) is 0 Å². The second kappa shape index (κ2) is 7.32. The Labute approximate surface area is 130 Å². The highest BCUT2D eigenvalue weighted by Crippen LogP contribution is 2.41. The average Bonchev–Trinajstić information content (AvgIpc) is 2.42. The summed E-state index contributed by atoms with van der Waals surface area (Å²) in [6.45, 7) is 4.31. The number of hydrogen-bond donors (Lipinski definition) is 1. The smallest absolute Gasteiger partial charge is 0.134 e. The summed E-state index contributed by atoms with van der Waals surface area (Å²) in [5.41, 5.74) is 0.0256. The molecule has 0 saturated heterocycles. The van der Waals surface area contributed by atoms with Crippen molar-refractivity contribution in [1.29, 1.82) is 0 Å². The largest absolute Gasteiger partial charge is 0.497 e. The lowest BCUT2D eigenvalue weighted by Crippen LogP contribution is -2.45. The minimum Gasteiger partial charge on any atom is -0.497 e. The Morgan fingerprint density at radius 1 is 1.30 bits per heavy atom. The number of halogens is 1. The molecule has 0 radical (unpaired) electrons. The normalized spacial score (nSPS) is 16.6. The van der Waals surface area contributed by atoms with E-state index in [1.54, 1.807) is 7.11 Å². The van der Waals surface area contributed by atoms with Crippen molar-refractivity contribution in [2.75, 3.05) is 20.2 Å². The molecule has 0 aliphatic heterocycles. The van der Waals surface area contributed by atoms with Crippen LogP contribution < -0.4 is 14.8 Å². The van der Waals surface area contributed by atoms with E-state index in [4.69, 9.17) is 9.47 Å². The molecule has 1 saturated carbocycles. The van der Waals surface area contributed by atoms with Crippen molar-refractivity contribution in [3.8, 4) is 11.5 Å². The Morgan fingerprint density at radius 3 is 2.65 bits per heavy atom. The van der Waals surface area contributed by atoms with Crippen molar-refractivity contribution in [2.45, 2.75) is 44.6 Å². The van der Waals surface area contributed by atoms with Crippen LogP contribution in [0.4, 0.5) is 0 Å². The maximum atomic E-state index is 6.31. The van der Waals surface area contributed by atoms with Gasteiger partial charge in [0.15, 0.2) is 0 Å². The molecule has 1 aliphatic carbocycles. The fourth-order valence-electron chi connectivity index (χ4n) is 2.52. The summed E-state index contributed by atoms with van der Waals surface area (Å²) < 4.78 is 12.5. The Kier molecular flexibility index (Phi) is 5.73. The third-order valence-electron chi connectivity index (χ3n) is 3.91. The first kappa shape index (κ1) is 15.6. The van der Waals surface area contributed by atoms with E-state index in [1.165, 1.54) is 12.8 Å². The van der Waals surface area contributed by atoms with Crippen LogP contribution in [-0.2, 0) is 0 Å². The Bertz CT molecular complexity index is 432. The van der Waals surface area contributed by atoms with Gasteiger partial charge in [-0.2, -0.15) is 0 Å². The van der Waals surface area contributed by atoms with Crippen molar-refractivity contribution in [2.24, 2.45) is 0 Å². The fourth-order valence-corrected chi connectivity index (χ4v) is 2.96. The molecule has 4 heteroatoms. The quantitative estimate of drug-likeness (QED) is 0.720. The average molecular weight is 342 g/mol. The predicted octanol–water partition coefficient (Wildman–Crippen LogP) is 4.15. The summed E-state index contributed by atoms with van der Waals surface area (Å²) in [4.78, 5) is 0. The highest BCUT2D eigenvalue weighted by molar-refractivity contribution is 9.10. The number of methoxy groups -OCH3 is 1. The number of nitrogens with one attached hydrogen (secondary N) is 1. The Morgan fingerprint density at radius 2 is 2.10 bits per heavy atom. The van der Waals surface area contributed by atoms with Gasteiger partial charge in [0, 0.05) is 0 Å². The fraction of sp³-hybridized carbons (Fsp3) is 0.625. The van der Waals surface area contributed by atoms with Crippen LogP contribution in [0.5, 0.6) is 11.5 Å². The maximum Gasteiger partial charge on any atom is 0.134 e. The van der Waals surface area contributed by atoms with E-state index < -0.39 is 0 Å². The molecule has 0 atom stereocenters. The molecular formula is C16H24BrNO2. The molecule has 0 heterocycles. The molecule has 1 aliphatic rings. The summed E-state index contributed by atoms with van der Waals surface area (Å²) in [5, 5.41) is 3.47. The van der Waals surface area contributed by atoms with E-state index in [0.717, 1.165) is 48.3 Å². The SMILES string of the molecule is CCCNCCC1(Oc2ccc(OC)cc2Br)CCC1. The minimum absolute atomic E-state index is 0.0256. The van der Waals surface area contributed by atoms with Gasteiger partial charge >= 0.3 is 0 Å². The van der Waals surface area contributed by atoms with Gasteiger partial charge in [0.25, 0.3) is 0 Å². The second-order valence-electron chi connectivity index (χ2n) is 5.43. The van der Waals surface area contributed by atoms with Crippen molar-refractivity contribution in [1.82, 2.24) is 5.32 Å². The third kappa shape index (κ3) is 3.89. The minimum atomic E-state index is 0.0256. The van der Waals surface area contributed by atoms with Gasteiger partial charge in [-0.05, 0) is 79.3 Å². The summed E-state index contributed by atoms with van der Waals surface area (Å²) in [6, 6.07) is 5.89. The van der Waals surface area contributed by atoms with Crippen LogP contribution in [0, 0.1) is 0 Å². The van der Waals surface area contributed by atoms with Gasteiger partial charge in [0.05, 0.1) is 11.6 Å². The zero-order chi connectivity index (χ0) is 14.4. The lowest BCUT2D eigenvalue weighted by molar-refractivity contribution is -0.0148. The predicted molar refractivity (Wildman–Crippen MR) is 85.7 cm³/mol. The zero-order valence-corrected chi connectivity index (χ0v) is 14.0. The van der Waals surface area contributed by atoms with E-state index in [2.05, 4.69) is 28.2 Å². The molecule has 0 spiro atoms. The lowest BCUT2D eigenvalue weighted by atomic mass is 9.77. The molecule has 0 unspecified atom stereocenters. The van der Waals surface area contributed by atoms with Gasteiger partial charge in [-0.25, -0.2) is 0 Å². The molecule has 2 rings (SSSR count). The number of rotatable bonds is 8. The first-order valence-electron chi connectivity index (χ1n) is 7.42. The van der Waals surface area contributed by atoms with E-state index in [9.17, 15) is 0 Å². The van der Waals surface area contributed by atoms with Crippen LogP contribution in [0.1, 0.15) is 39.0 Å². The van der Waals surface area contributed by atoms with E-state index in [1.807, 2.05) is 18.2 Å². The van der Waals surface area contributed by atoms with Crippen molar-refractivity contribution in [3.63, 3.8) is 0 Å². The highest BCUT2D eigenvalue weighted by atomic mass is 79.9. The van der Waals surface area contributed by atoms with Crippen LogP contribution >= 0.6 is 15.9 Å². The van der Waals surface area contributed by atoms with E-state index >= 15 is 0 Å². The summed E-state index contributed by atoms with van der Waals surface area (Å²) >= 11 is 3.57. The highest BCUT2D eigenvalue weighted by Gasteiger charge is 2.39. The lowest BCUT2D eigenvalue weighted by Gasteiger charge is -2.42. The molecule has 1 aromatic rings. The van der Waals surface area contributed by atoms with Gasteiger partial charge in [-0.1, -0.05) is 6.92 Å². The molecule has 0 aromatic heterocycles. The number of benzene rings is 1. The topological polar surface area (TPSA) is 30.5 Å². The van der Waals surface area contributed by atoms with Gasteiger partial charge in [0.2, 0.25) is 0 Å². The van der Waals surface area contributed by atoms with Gasteiger partial charge in [-0.15, -0.1) is 0 Å². The van der Waals surface area contributed by atoms with Crippen molar-refractivity contribution >= 4 is 15.9 Å². The second-order valence-corrected chi connectivity index (χ2v) is 6.29. The molecule has 1 fully saturated rings. The first-order valence-corrected chi connectivity index (χ1v) is 8.22. The monoisotopic (exact) mass is 341 g/mol. The first-order chi connectivity index (χ1) is 9.69. The van der Waals surface area contributed by atoms with Gasteiger partial charge < -0.3 is 14.8 Å². The van der Waals surface area contributed by atoms with Crippen LogP contribution in [0.25, 0.3) is 0 Å². The standard InChI is InChI=1S/C16H24BrNO2/c1-3-10-18-11-9-16(7-4-8-16)20-15-6-5-13(19-2)12-14(15)17/h5-6,12,18H,3-4,7-11H2,1-2H3. The molecule has 3 nitrogen and oxygen atoms in total. The zero-order valence-electron chi connectivity index (χ0n) is 12.4. The Balaban J connectivity index is 1.95. The van der Waals surface area contributed by atoms with E-state index in [0.29, 0.717) is 0 Å². The third-order valence-corrected chi connectivity index (χ3v) is 4.53. The molecule has 112 valence electrons. The van der Waals surface area contributed by atoms with Gasteiger partial charge in [0.1, 0.15) is 17.1 Å². The number of hydrogen-bond acceptors (Lipinski definition) is 3. The molecular weight excluding hydrogens is 318 g/mol. The molecule has 0 bridgehead atoms. The van der Waals surface area contributed by atoms with Crippen LogP contribution in [0.2, 0.25) is 0 Å². The number of ether oxygens (including phenoxy) is 2. The maximum absolute atomic E-state index is 6.31. The summed E-state index contributed by atoms with van der Waals surface area (Å²) in [5.74, 6) is 1.76. The van der Waals surface area contributed by atoms with Gasteiger partial charge in [-0.3, -0.25) is 0 Å². The molecule has 1 aromatic carbocycles. The molecule has 1 N–H and O–H groups in total. The van der Waals surface area contributed by atoms with E-state index in [-0.39, 0.29) is 5.60 Å².